The van der Waals surface area contributed by atoms with E-state index < -0.39 is 0 Å². The molecule has 28 heavy (non-hydrogen) atoms. The standard InChI is InChI=1S/C26H34O2/c1-3-5-7-20-8-17-25(26(27)19-20)23-11-9-21(10-12-23)22-13-15-24(16-14-22)28-18-6-4-2/h9-16,20,25H,3-8,17-19H2,1-2H3. The van der Waals surface area contributed by atoms with E-state index in [4.69, 9.17) is 4.74 Å². The molecule has 1 saturated carbocycles. The maximum absolute atomic E-state index is 12.7. The van der Waals surface area contributed by atoms with Crippen LogP contribution in [-0.4, -0.2) is 12.4 Å². The molecule has 1 aliphatic rings. The van der Waals surface area contributed by atoms with Crippen LogP contribution < -0.4 is 4.74 Å². The van der Waals surface area contributed by atoms with E-state index in [2.05, 4.69) is 50.2 Å². The second-order valence-electron chi connectivity index (χ2n) is 8.16. The average molecular weight is 379 g/mol. The molecule has 0 spiro atoms. The number of hydrogen-bond donors (Lipinski definition) is 0. The van der Waals surface area contributed by atoms with Crippen molar-refractivity contribution in [2.24, 2.45) is 5.92 Å². The third kappa shape index (κ3) is 5.47. The van der Waals surface area contributed by atoms with Crippen LogP contribution in [0.5, 0.6) is 5.75 Å². The van der Waals surface area contributed by atoms with E-state index in [-0.39, 0.29) is 5.92 Å². The summed E-state index contributed by atoms with van der Waals surface area (Å²) < 4.78 is 5.74. The molecule has 1 aliphatic carbocycles. The average Bonchev–Trinajstić information content (AvgIpc) is 2.73. The van der Waals surface area contributed by atoms with Gasteiger partial charge in [-0.25, -0.2) is 0 Å². The summed E-state index contributed by atoms with van der Waals surface area (Å²) in [4.78, 5) is 12.7. The Morgan fingerprint density at radius 3 is 2.11 bits per heavy atom. The van der Waals surface area contributed by atoms with Gasteiger partial charge < -0.3 is 4.74 Å². The number of carbonyl (C=O) groups is 1. The van der Waals surface area contributed by atoms with Crippen LogP contribution in [-0.2, 0) is 4.79 Å². The highest BCUT2D eigenvalue weighted by Crippen LogP contribution is 2.36. The second kappa shape index (κ2) is 10.5. The molecule has 2 heteroatoms. The van der Waals surface area contributed by atoms with Crippen molar-refractivity contribution in [2.75, 3.05) is 6.61 Å². The number of Topliss-reactive ketones (excluding diaryl/α,β-unsaturated/α-hetero) is 1. The predicted octanol–water partition coefficient (Wildman–Crippen LogP) is 7.18. The number of hydrogen-bond acceptors (Lipinski definition) is 2. The maximum Gasteiger partial charge on any atom is 0.140 e. The van der Waals surface area contributed by atoms with E-state index in [0.29, 0.717) is 11.7 Å². The molecule has 0 radical (unpaired) electrons. The SMILES string of the molecule is CCCCOc1ccc(-c2ccc(C3CCC(CCCC)CC3=O)cc2)cc1. The van der Waals surface area contributed by atoms with Gasteiger partial charge >= 0.3 is 0 Å². The lowest BCUT2D eigenvalue weighted by atomic mass is 9.76. The summed E-state index contributed by atoms with van der Waals surface area (Å²) in [5.74, 6) is 2.08. The van der Waals surface area contributed by atoms with Gasteiger partial charge in [-0.15, -0.1) is 0 Å². The van der Waals surface area contributed by atoms with E-state index in [0.717, 1.165) is 38.0 Å². The van der Waals surface area contributed by atoms with E-state index in [1.54, 1.807) is 0 Å². The third-order valence-corrected chi connectivity index (χ3v) is 5.98. The quantitative estimate of drug-likeness (QED) is 0.432. The topological polar surface area (TPSA) is 26.3 Å². The summed E-state index contributed by atoms with van der Waals surface area (Å²) in [5, 5.41) is 0. The van der Waals surface area contributed by atoms with Crippen molar-refractivity contribution in [2.45, 2.75) is 71.1 Å². The Bertz CT molecular complexity index is 730. The van der Waals surface area contributed by atoms with Gasteiger partial charge in [-0.2, -0.15) is 0 Å². The van der Waals surface area contributed by atoms with Crippen molar-refractivity contribution in [3.8, 4) is 16.9 Å². The highest BCUT2D eigenvalue weighted by atomic mass is 16.5. The fraction of sp³-hybridized carbons (Fsp3) is 0.500. The first kappa shape index (κ1) is 20.6. The van der Waals surface area contributed by atoms with Gasteiger partial charge in [-0.05, 0) is 54.0 Å². The van der Waals surface area contributed by atoms with Gasteiger partial charge in [0.05, 0.1) is 6.61 Å². The first-order valence-electron chi connectivity index (χ1n) is 11.1. The Morgan fingerprint density at radius 1 is 0.857 bits per heavy atom. The van der Waals surface area contributed by atoms with Crippen LogP contribution in [0.3, 0.4) is 0 Å². The van der Waals surface area contributed by atoms with Gasteiger partial charge in [0.25, 0.3) is 0 Å². The van der Waals surface area contributed by atoms with Crippen molar-refractivity contribution in [3.63, 3.8) is 0 Å². The zero-order valence-electron chi connectivity index (χ0n) is 17.5. The molecule has 2 nitrogen and oxygen atoms in total. The van der Waals surface area contributed by atoms with Gasteiger partial charge in [0, 0.05) is 12.3 Å². The molecule has 1 fully saturated rings. The summed E-state index contributed by atoms with van der Waals surface area (Å²) in [7, 11) is 0. The molecule has 0 aromatic heterocycles. The predicted molar refractivity (Wildman–Crippen MR) is 117 cm³/mol. The molecule has 150 valence electrons. The second-order valence-corrected chi connectivity index (χ2v) is 8.16. The molecule has 0 saturated heterocycles. The highest BCUT2D eigenvalue weighted by Gasteiger charge is 2.29. The minimum atomic E-state index is 0.0984. The monoisotopic (exact) mass is 378 g/mol. The molecule has 0 bridgehead atoms. The van der Waals surface area contributed by atoms with E-state index >= 15 is 0 Å². The third-order valence-electron chi connectivity index (χ3n) is 5.98. The number of ketones is 1. The molecule has 2 unspecified atom stereocenters. The van der Waals surface area contributed by atoms with Crippen molar-refractivity contribution >= 4 is 5.78 Å². The van der Waals surface area contributed by atoms with Gasteiger partial charge in [0.2, 0.25) is 0 Å². The van der Waals surface area contributed by atoms with E-state index in [9.17, 15) is 4.79 Å². The fourth-order valence-corrected chi connectivity index (χ4v) is 4.17. The summed E-state index contributed by atoms with van der Waals surface area (Å²) in [5.41, 5.74) is 3.55. The van der Waals surface area contributed by atoms with Crippen LogP contribution in [0.15, 0.2) is 48.5 Å². The first-order valence-corrected chi connectivity index (χ1v) is 11.1. The van der Waals surface area contributed by atoms with Crippen molar-refractivity contribution < 1.29 is 9.53 Å². The maximum atomic E-state index is 12.7. The molecule has 2 aromatic carbocycles. The summed E-state index contributed by atoms with van der Waals surface area (Å²) in [6.45, 7) is 5.17. The zero-order chi connectivity index (χ0) is 19.8. The Balaban J connectivity index is 1.60. The van der Waals surface area contributed by atoms with Crippen LogP contribution in [0.1, 0.15) is 76.7 Å². The molecule has 0 N–H and O–H groups in total. The van der Waals surface area contributed by atoms with Gasteiger partial charge in [0.15, 0.2) is 0 Å². The molecule has 0 heterocycles. The molecular weight excluding hydrogens is 344 g/mol. The first-order chi connectivity index (χ1) is 13.7. The van der Waals surface area contributed by atoms with Crippen molar-refractivity contribution in [3.05, 3.63) is 54.1 Å². The van der Waals surface area contributed by atoms with Crippen LogP contribution in [0.25, 0.3) is 11.1 Å². The van der Waals surface area contributed by atoms with Crippen LogP contribution in [0, 0.1) is 5.92 Å². The molecule has 2 atom stereocenters. The van der Waals surface area contributed by atoms with E-state index in [1.165, 1.54) is 42.4 Å². The van der Waals surface area contributed by atoms with Crippen LogP contribution in [0.4, 0.5) is 0 Å². The summed E-state index contributed by atoms with van der Waals surface area (Å²) >= 11 is 0. The summed E-state index contributed by atoms with van der Waals surface area (Å²) in [6.07, 6.45) is 8.89. The summed E-state index contributed by atoms with van der Waals surface area (Å²) in [6, 6.07) is 16.9. The molecular formula is C26H34O2. The zero-order valence-corrected chi connectivity index (χ0v) is 17.5. The number of ether oxygens (including phenoxy) is 1. The Hall–Kier alpha value is -2.09. The van der Waals surface area contributed by atoms with Gasteiger partial charge in [-0.1, -0.05) is 75.9 Å². The Morgan fingerprint density at radius 2 is 1.50 bits per heavy atom. The Labute approximate surface area is 170 Å². The number of unbranched alkanes of at least 4 members (excludes halogenated alkanes) is 2. The highest BCUT2D eigenvalue weighted by molar-refractivity contribution is 5.86. The lowest BCUT2D eigenvalue weighted by Crippen LogP contribution is -2.23. The van der Waals surface area contributed by atoms with Crippen molar-refractivity contribution in [1.29, 1.82) is 0 Å². The normalized spacial score (nSPS) is 19.6. The molecule has 0 aliphatic heterocycles. The lowest BCUT2D eigenvalue weighted by Gasteiger charge is -2.27. The number of rotatable bonds is 9. The smallest absolute Gasteiger partial charge is 0.140 e. The van der Waals surface area contributed by atoms with Crippen LogP contribution >= 0.6 is 0 Å². The van der Waals surface area contributed by atoms with Crippen molar-refractivity contribution in [1.82, 2.24) is 0 Å². The Kier molecular flexibility index (Phi) is 7.71. The molecule has 0 amide bonds. The van der Waals surface area contributed by atoms with Gasteiger partial charge in [-0.3, -0.25) is 4.79 Å². The van der Waals surface area contributed by atoms with Gasteiger partial charge in [0.1, 0.15) is 11.5 Å². The lowest BCUT2D eigenvalue weighted by molar-refractivity contribution is -0.123. The number of benzene rings is 2. The number of carbonyl (C=O) groups excluding carboxylic acids is 1. The van der Waals surface area contributed by atoms with Crippen LogP contribution in [0.2, 0.25) is 0 Å². The molecule has 2 aromatic rings. The largest absolute Gasteiger partial charge is 0.494 e. The fourth-order valence-electron chi connectivity index (χ4n) is 4.17. The minimum Gasteiger partial charge on any atom is -0.494 e. The minimum absolute atomic E-state index is 0.0984. The molecule has 3 rings (SSSR count). The van der Waals surface area contributed by atoms with E-state index in [1.807, 2.05) is 12.1 Å².